The molecular formula is C16H17Br2NO. The third kappa shape index (κ3) is 3.43. The van der Waals surface area contributed by atoms with Crippen LogP contribution in [-0.4, -0.2) is 0 Å². The number of hydrogen-bond acceptors (Lipinski definition) is 2. The van der Waals surface area contributed by atoms with Gasteiger partial charge in [-0.2, -0.15) is 0 Å². The van der Waals surface area contributed by atoms with Gasteiger partial charge in [0.25, 0.3) is 0 Å². The third-order valence-electron chi connectivity index (χ3n) is 3.12. The second-order valence-corrected chi connectivity index (χ2v) is 6.60. The summed E-state index contributed by atoms with van der Waals surface area (Å²) in [6.45, 7) is 6.07. The van der Waals surface area contributed by atoms with Gasteiger partial charge in [0.05, 0.1) is 4.47 Å². The molecule has 0 aliphatic rings. The molecular weight excluding hydrogens is 382 g/mol. The van der Waals surface area contributed by atoms with Gasteiger partial charge in [0.2, 0.25) is 0 Å². The van der Waals surface area contributed by atoms with E-state index in [1.54, 1.807) is 0 Å². The van der Waals surface area contributed by atoms with Crippen LogP contribution in [0.25, 0.3) is 0 Å². The van der Waals surface area contributed by atoms with E-state index in [9.17, 15) is 0 Å². The largest absolute Gasteiger partial charge is 0.456 e. The number of rotatable bonds is 3. The molecule has 4 heteroatoms. The van der Waals surface area contributed by atoms with E-state index < -0.39 is 0 Å². The van der Waals surface area contributed by atoms with Crippen molar-refractivity contribution in [3.63, 3.8) is 0 Å². The Labute approximate surface area is 136 Å². The lowest BCUT2D eigenvalue weighted by atomic mass is 10.1. The van der Waals surface area contributed by atoms with Crippen LogP contribution >= 0.6 is 31.9 Å². The van der Waals surface area contributed by atoms with Gasteiger partial charge in [-0.05, 0) is 77.7 Å². The Balaban J connectivity index is 2.31. The number of nitrogens with two attached hydrogens (primary N) is 1. The van der Waals surface area contributed by atoms with Crippen molar-refractivity contribution in [2.45, 2.75) is 26.8 Å². The fourth-order valence-corrected chi connectivity index (χ4v) is 2.68. The van der Waals surface area contributed by atoms with Gasteiger partial charge in [-0.15, -0.1) is 0 Å². The molecule has 2 nitrogen and oxygen atoms in total. The summed E-state index contributed by atoms with van der Waals surface area (Å²) in [5.41, 5.74) is 9.26. The highest BCUT2D eigenvalue weighted by Gasteiger charge is 2.08. The summed E-state index contributed by atoms with van der Waals surface area (Å²) in [7, 11) is 0. The van der Waals surface area contributed by atoms with Gasteiger partial charge in [0, 0.05) is 10.5 Å². The molecule has 0 bridgehead atoms. The van der Waals surface area contributed by atoms with E-state index in [0.717, 1.165) is 37.1 Å². The standard InChI is InChI=1S/C16H17Br2NO/c1-9-6-13(7-10(2)16(9)18)20-15-5-4-12(11(3)19)8-14(15)17/h4-8,11H,19H2,1-3H3. The molecule has 2 aromatic rings. The predicted octanol–water partition coefficient (Wildman–Crippen LogP) is 5.64. The molecule has 0 aliphatic carbocycles. The molecule has 0 radical (unpaired) electrons. The first-order valence-corrected chi connectivity index (χ1v) is 7.96. The Hall–Kier alpha value is -0.840. The SMILES string of the molecule is Cc1cc(Oc2ccc(C(C)N)cc2Br)cc(C)c1Br. The molecule has 0 aromatic heterocycles. The normalized spacial score (nSPS) is 12.3. The van der Waals surface area contributed by atoms with Crippen LogP contribution in [0.5, 0.6) is 11.5 Å². The highest BCUT2D eigenvalue weighted by molar-refractivity contribution is 9.10. The molecule has 1 atom stereocenters. The third-order valence-corrected chi connectivity index (χ3v) is 4.99. The number of halogens is 2. The molecule has 106 valence electrons. The first-order valence-electron chi connectivity index (χ1n) is 6.38. The summed E-state index contributed by atoms with van der Waals surface area (Å²) in [5.74, 6) is 1.62. The summed E-state index contributed by atoms with van der Waals surface area (Å²) in [5, 5.41) is 0. The van der Waals surface area contributed by atoms with Crippen molar-refractivity contribution < 1.29 is 4.74 Å². The van der Waals surface area contributed by atoms with Crippen molar-refractivity contribution >= 4 is 31.9 Å². The molecule has 2 aromatic carbocycles. The molecule has 0 fully saturated rings. The van der Waals surface area contributed by atoms with Crippen LogP contribution in [0.1, 0.15) is 29.7 Å². The van der Waals surface area contributed by atoms with E-state index in [-0.39, 0.29) is 6.04 Å². The van der Waals surface area contributed by atoms with Crippen LogP contribution in [-0.2, 0) is 0 Å². The van der Waals surface area contributed by atoms with E-state index in [0.29, 0.717) is 0 Å². The van der Waals surface area contributed by atoms with Crippen molar-refractivity contribution in [2.24, 2.45) is 5.73 Å². The molecule has 0 saturated heterocycles. The average Bonchev–Trinajstić information content (AvgIpc) is 2.38. The van der Waals surface area contributed by atoms with Crippen LogP contribution in [0.3, 0.4) is 0 Å². The first-order chi connectivity index (χ1) is 9.38. The Morgan fingerprint density at radius 3 is 2.15 bits per heavy atom. The molecule has 2 rings (SSSR count). The van der Waals surface area contributed by atoms with E-state index >= 15 is 0 Å². The highest BCUT2D eigenvalue weighted by atomic mass is 79.9. The van der Waals surface area contributed by atoms with Crippen molar-refractivity contribution in [3.8, 4) is 11.5 Å². The van der Waals surface area contributed by atoms with Crippen molar-refractivity contribution in [1.29, 1.82) is 0 Å². The molecule has 20 heavy (non-hydrogen) atoms. The monoisotopic (exact) mass is 397 g/mol. The summed E-state index contributed by atoms with van der Waals surface area (Å²) < 4.78 is 7.98. The van der Waals surface area contributed by atoms with Crippen LogP contribution in [0.15, 0.2) is 39.3 Å². The minimum absolute atomic E-state index is 0.0116. The summed E-state index contributed by atoms with van der Waals surface area (Å²) in [6.07, 6.45) is 0. The number of benzene rings is 2. The Morgan fingerprint density at radius 2 is 1.65 bits per heavy atom. The van der Waals surface area contributed by atoms with Crippen molar-refractivity contribution in [1.82, 2.24) is 0 Å². The van der Waals surface area contributed by atoms with Gasteiger partial charge < -0.3 is 10.5 Å². The van der Waals surface area contributed by atoms with Crippen LogP contribution in [0.4, 0.5) is 0 Å². The van der Waals surface area contributed by atoms with E-state index in [4.69, 9.17) is 10.5 Å². The van der Waals surface area contributed by atoms with Gasteiger partial charge in [-0.25, -0.2) is 0 Å². The maximum absolute atomic E-state index is 5.95. The Bertz CT molecular complexity index is 615. The fourth-order valence-electron chi connectivity index (χ4n) is 1.98. The topological polar surface area (TPSA) is 35.2 Å². The number of ether oxygens (including phenoxy) is 1. The maximum Gasteiger partial charge on any atom is 0.141 e. The van der Waals surface area contributed by atoms with Gasteiger partial charge in [0.1, 0.15) is 11.5 Å². The van der Waals surface area contributed by atoms with Crippen molar-refractivity contribution in [2.75, 3.05) is 0 Å². The molecule has 1 unspecified atom stereocenters. The fraction of sp³-hybridized carbons (Fsp3) is 0.250. The van der Waals surface area contributed by atoms with Crippen LogP contribution in [0.2, 0.25) is 0 Å². The van der Waals surface area contributed by atoms with E-state index in [1.807, 2.05) is 37.3 Å². The number of hydrogen-bond donors (Lipinski definition) is 1. The van der Waals surface area contributed by atoms with Crippen LogP contribution < -0.4 is 10.5 Å². The minimum atomic E-state index is 0.0116. The van der Waals surface area contributed by atoms with Gasteiger partial charge in [0.15, 0.2) is 0 Å². The predicted molar refractivity (Wildman–Crippen MR) is 90.4 cm³/mol. The van der Waals surface area contributed by atoms with E-state index in [2.05, 4.69) is 45.7 Å². The van der Waals surface area contributed by atoms with Crippen molar-refractivity contribution in [3.05, 3.63) is 56.0 Å². The lowest BCUT2D eigenvalue weighted by Gasteiger charge is -2.13. The summed E-state index contributed by atoms with van der Waals surface area (Å²) >= 11 is 7.09. The quantitative estimate of drug-likeness (QED) is 0.725. The second-order valence-electron chi connectivity index (χ2n) is 4.95. The molecule has 0 aliphatic heterocycles. The second kappa shape index (κ2) is 6.29. The maximum atomic E-state index is 5.95. The average molecular weight is 399 g/mol. The summed E-state index contributed by atoms with van der Waals surface area (Å²) in [4.78, 5) is 0. The lowest BCUT2D eigenvalue weighted by molar-refractivity contribution is 0.478. The smallest absolute Gasteiger partial charge is 0.141 e. The van der Waals surface area contributed by atoms with E-state index in [1.165, 1.54) is 0 Å². The zero-order chi connectivity index (χ0) is 14.9. The number of aryl methyl sites for hydroxylation is 2. The molecule has 0 heterocycles. The Morgan fingerprint density at radius 1 is 1.05 bits per heavy atom. The lowest BCUT2D eigenvalue weighted by Crippen LogP contribution is -2.04. The zero-order valence-corrected chi connectivity index (χ0v) is 14.9. The Kier molecular flexibility index (Phi) is 4.89. The highest BCUT2D eigenvalue weighted by Crippen LogP contribution is 2.34. The van der Waals surface area contributed by atoms with Gasteiger partial charge >= 0.3 is 0 Å². The summed E-state index contributed by atoms with van der Waals surface area (Å²) in [6, 6.07) is 9.97. The van der Waals surface area contributed by atoms with Crippen LogP contribution in [0, 0.1) is 13.8 Å². The molecule has 0 amide bonds. The van der Waals surface area contributed by atoms with Gasteiger partial charge in [-0.3, -0.25) is 0 Å². The molecule has 2 N–H and O–H groups in total. The zero-order valence-electron chi connectivity index (χ0n) is 11.7. The molecule has 0 spiro atoms. The van der Waals surface area contributed by atoms with Gasteiger partial charge in [-0.1, -0.05) is 22.0 Å². The molecule has 0 saturated carbocycles. The minimum Gasteiger partial charge on any atom is -0.456 e. The first kappa shape index (κ1) is 15.5.